The Balaban J connectivity index is 1.55. The number of amides is 5. The number of imide groups is 1. The highest BCUT2D eigenvalue weighted by Gasteiger charge is 2.41. The minimum absolute atomic E-state index is 0.114. The van der Waals surface area contributed by atoms with E-state index in [4.69, 9.17) is 4.74 Å². The maximum atomic E-state index is 12.8. The molecule has 0 unspecified atom stereocenters. The number of anilines is 1. The average Bonchev–Trinajstić information content (AvgIpc) is 2.99. The molecule has 5 amide bonds. The van der Waals surface area contributed by atoms with Crippen LogP contribution in [-0.4, -0.2) is 71.6 Å². The van der Waals surface area contributed by atoms with Crippen LogP contribution in [0.3, 0.4) is 0 Å². The van der Waals surface area contributed by atoms with Gasteiger partial charge in [0, 0.05) is 26.2 Å². The smallest absolute Gasteiger partial charge is 0.410 e. The van der Waals surface area contributed by atoms with Gasteiger partial charge in [-0.2, -0.15) is 0 Å². The summed E-state index contributed by atoms with van der Waals surface area (Å²) >= 11 is 0. The fourth-order valence-corrected chi connectivity index (χ4v) is 3.69. The normalized spacial score (nSPS) is 19.4. The predicted octanol–water partition coefficient (Wildman–Crippen LogP) is 2.70. The Hall–Kier alpha value is -3.10. The molecule has 0 bridgehead atoms. The van der Waals surface area contributed by atoms with Gasteiger partial charge in [0.25, 0.3) is 5.91 Å². The molecular weight excluding hydrogens is 412 g/mol. The molecule has 2 aliphatic rings. The number of benzene rings is 1. The highest BCUT2D eigenvalue weighted by molar-refractivity contribution is 6.22. The number of piperazine rings is 1. The Labute approximate surface area is 188 Å². The molecule has 2 saturated heterocycles. The number of hydrogen-bond donors (Lipinski definition) is 1. The minimum atomic E-state index is -0.899. The van der Waals surface area contributed by atoms with Gasteiger partial charge in [0.15, 0.2) is 0 Å². The van der Waals surface area contributed by atoms with E-state index in [0.29, 0.717) is 37.8 Å². The van der Waals surface area contributed by atoms with E-state index in [-0.39, 0.29) is 12.3 Å². The first-order valence-electron chi connectivity index (χ1n) is 11.0. The quantitative estimate of drug-likeness (QED) is 0.720. The van der Waals surface area contributed by atoms with Crippen LogP contribution < -0.4 is 10.2 Å². The van der Waals surface area contributed by atoms with E-state index in [1.807, 2.05) is 12.1 Å². The van der Waals surface area contributed by atoms with E-state index in [2.05, 4.69) is 19.2 Å². The Morgan fingerprint density at radius 2 is 1.59 bits per heavy atom. The van der Waals surface area contributed by atoms with Gasteiger partial charge >= 0.3 is 12.1 Å². The largest absolute Gasteiger partial charge is 0.444 e. The first kappa shape index (κ1) is 23.6. The van der Waals surface area contributed by atoms with Gasteiger partial charge in [-0.15, -0.1) is 0 Å². The molecule has 0 aromatic heterocycles. The number of urea groups is 1. The van der Waals surface area contributed by atoms with Crippen molar-refractivity contribution in [1.82, 2.24) is 15.1 Å². The first-order chi connectivity index (χ1) is 15.0. The molecule has 0 radical (unpaired) electrons. The topological polar surface area (TPSA) is 99.3 Å². The molecule has 9 heteroatoms. The Morgan fingerprint density at radius 3 is 2.12 bits per heavy atom. The number of nitrogens with zero attached hydrogens (tertiary/aromatic N) is 3. The standard InChI is InChI=1S/C23H32N4O5/c1-15(2)16-6-8-17(9-7-16)27-20(29)18(24-21(27)30)14-19(28)25-10-12-26(13-11-25)22(31)32-23(3,4)5/h6-9,15,18H,10-14H2,1-5H3,(H,24,30)/t18-/m1/s1. The predicted molar refractivity (Wildman–Crippen MR) is 119 cm³/mol. The van der Waals surface area contributed by atoms with Crippen LogP contribution >= 0.6 is 0 Å². The van der Waals surface area contributed by atoms with Gasteiger partial charge in [-0.1, -0.05) is 26.0 Å². The zero-order chi connectivity index (χ0) is 23.6. The van der Waals surface area contributed by atoms with Crippen molar-refractivity contribution in [1.29, 1.82) is 0 Å². The zero-order valence-electron chi connectivity index (χ0n) is 19.4. The second-order valence-electron chi connectivity index (χ2n) is 9.47. The molecule has 1 atom stereocenters. The Bertz CT molecular complexity index is 883. The summed E-state index contributed by atoms with van der Waals surface area (Å²) in [5.74, 6) is -0.328. The summed E-state index contributed by atoms with van der Waals surface area (Å²) in [7, 11) is 0. The van der Waals surface area contributed by atoms with Gasteiger partial charge in [0.1, 0.15) is 11.6 Å². The number of ether oxygens (including phenoxy) is 1. The van der Waals surface area contributed by atoms with Crippen LogP contribution in [0.1, 0.15) is 52.5 Å². The highest BCUT2D eigenvalue weighted by Crippen LogP contribution is 2.24. The Kier molecular flexibility index (Phi) is 6.76. The summed E-state index contributed by atoms with van der Waals surface area (Å²) in [6.45, 7) is 11.0. The monoisotopic (exact) mass is 444 g/mol. The van der Waals surface area contributed by atoms with Gasteiger partial charge in [0.05, 0.1) is 12.1 Å². The molecule has 9 nitrogen and oxygen atoms in total. The van der Waals surface area contributed by atoms with Gasteiger partial charge < -0.3 is 19.9 Å². The average molecular weight is 445 g/mol. The van der Waals surface area contributed by atoms with Crippen LogP contribution in [0.25, 0.3) is 0 Å². The summed E-state index contributed by atoms with van der Waals surface area (Å²) in [5, 5.41) is 2.62. The SMILES string of the molecule is CC(C)c1ccc(N2C(=O)N[C@H](CC(=O)N3CCN(C(=O)OC(C)(C)C)CC3)C2=O)cc1. The van der Waals surface area contributed by atoms with E-state index in [1.165, 1.54) is 0 Å². The summed E-state index contributed by atoms with van der Waals surface area (Å²) in [5.41, 5.74) is 1.02. The molecule has 0 aliphatic carbocycles. The maximum Gasteiger partial charge on any atom is 0.410 e. The molecule has 2 heterocycles. The van der Waals surface area contributed by atoms with Crippen LogP contribution in [0.5, 0.6) is 0 Å². The van der Waals surface area contributed by atoms with Gasteiger partial charge in [-0.05, 0) is 44.4 Å². The zero-order valence-corrected chi connectivity index (χ0v) is 19.4. The van der Waals surface area contributed by atoms with E-state index >= 15 is 0 Å². The molecule has 1 N–H and O–H groups in total. The minimum Gasteiger partial charge on any atom is -0.444 e. The van der Waals surface area contributed by atoms with Gasteiger partial charge in [-0.25, -0.2) is 14.5 Å². The molecule has 32 heavy (non-hydrogen) atoms. The molecule has 2 aliphatic heterocycles. The number of carbonyl (C=O) groups is 4. The lowest BCUT2D eigenvalue weighted by atomic mass is 10.0. The van der Waals surface area contributed by atoms with Crippen molar-refractivity contribution in [2.24, 2.45) is 0 Å². The van der Waals surface area contributed by atoms with E-state index in [9.17, 15) is 19.2 Å². The van der Waals surface area contributed by atoms with Crippen molar-refractivity contribution in [3.8, 4) is 0 Å². The third-order valence-electron chi connectivity index (χ3n) is 5.50. The van der Waals surface area contributed by atoms with Crippen molar-refractivity contribution in [3.05, 3.63) is 29.8 Å². The van der Waals surface area contributed by atoms with E-state index < -0.39 is 29.7 Å². The fourth-order valence-electron chi connectivity index (χ4n) is 3.69. The van der Waals surface area contributed by atoms with Crippen LogP contribution in [-0.2, 0) is 14.3 Å². The van der Waals surface area contributed by atoms with Crippen molar-refractivity contribution >= 4 is 29.6 Å². The lowest BCUT2D eigenvalue weighted by Crippen LogP contribution is -2.52. The third kappa shape index (κ3) is 5.38. The lowest BCUT2D eigenvalue weighted by molar-refractivity contribution is -0.135. The second kappa shape index (κ2) is 9.18. The van der Waals surface area contributed by atoms with Crippen LogP contribution in [0.15, 0.2) is 24.3 Å². The number of nitrogens with one attached hydrogen (secondary N) is 1. The molecule has 3 rings (SSSR count). The molecular formula is C23H32N4O5. The summed E-state index contributed by atoms with van der Waals surface area (Å²) in [6, 6.07) is 5.84. The molecule has 1 aromatic rings. The molecule has 2 fully saturated rings. The summed E-state index contributed by atoms with van der Waals surface area (Å²) in [6.07, 6.45) is -0.514. The molecule has 0 saturated carbocycles. The molecule has 174 valence electrons. The van der Waals surface area contributed by atoms with Crippen LogP contribution in [0.4, 0.5) is 15.3 Å². The number of carbonyl (C=O) groups excluding carboxylic acids is 4. The lowest BCUT2D eigenvalue weighted by Gasteiger charge is -2.35. The molecule has 0 spiro atoms. The van der Waals surface area contributed by atoms with Crippen molar-refractivity contribution < 1.29 is 23.9 Å². The number of rotatable bonds is 4. The van der Waals surface area contributed by atoms with Gasteiger partial charge in [0.2, 0.25) is 5.91 Å². The first-order valence-corrected chi connectivity index (χ1v) is 11.0. The van der Waals surface area contributed by atoms with Crippen molar-refractivity contribution in [3.63, 3.8) is 0 Å². The number of hydrogen-bond acceptors (Lipinski definition) is 5. The summed E-state index contributed by atoms with van der Waals surface area (Å²) < 4.78 is 5.37. The van der Waals surface area contributed by atoms with Crippen molar-refractivity contribution in [2.75, 3.05) is 31.1 Å². The van der Waals surface area contributed by atoms with Gasteiger partial charge in [-0.3, -0.25) is 9.59 Å². The van der Waals surface area contributed by atoms with Crippen LogP contribution in [0, 0.1) is 0 Å². The second-order valence-corrected chi connectivity index (χ2v) is 9.47. The maximum absolute atomic E-state index is 12.8. The highest BCUT2D eigenvalue weighted by atomic mass is 16.6. The van der Waals surface area contributed by atoms with E-state index in [1.54, 1.807) is 42.7 Å². The third-order valence-corrected chi connectivity index (χ3v) is 5.50. The molecule has 1 aromatic carbocycles. The van der Waals surface area contributed by atoms with Crippen molar-refractivity contribution in [2.45, 2.75) is 58.6 Å². The van der Waals surface area contributed by atoms with Crippen LogP contribution in [0.2, 0.25) is 0 Å². The van der Waals surface area contributed by atoms with E-state index in [0.717, 1.165) is 10.5 Å². The summed E-state index contributed by atoms with van der Waals surface area (Å²) in [4.78, 5) is 54.4. The Morgan fingerprint density at radius 1 is 1.03 bits per heavy atom. The fraction of sp³-hybridized carbons (Fsp3) is 0.565.